The van der Waals surface area contributed by atoms with Gasteiger partial charge in [0.05, 0.1) is 25.0 Å². The first-order chi connectivity index (χ1) is 8.29. The summed E-state index contributed by atoms with van der Waals surface area (Å²) in [6.45, 7) is 2.74. The number of aryl methyl sites for hydroxylation is 1. The van der Waals surface area contributed by atoms with Gasteiger partial charge in [0, 0.05) is 6.20 Å². The Kier molecular flexibility index (Phi) is 3.60. The van der Waals surface area contributed by atoms with Crippen LogP contribution >= 0.6 is 0 Å². The standard InChI is InChI=1S/C14H16N2O/c1-11-6-7-13(14(9-11)17-2)16-10-12-5-3-4-8-15-12/h3-9,16H,10H2,1-2H3. The summed E-state index contributed by atoms with van der Waals surface area (Å²) in [6.07, 6.45) is 1.80. The molecule has 0 spiro atoms. The molecule has 0 saturated heterocycles. The first-order valence-corrected chi connectivity index (χ1v) is 5.58. The van der Waals surface area contributed by atoms with Gasteiger partial charge in [-0.15, -0.1) is 0 Å². The van der Waals surface area contributed by atoms with Crippen LogP contribution < -0.4 is 10.1 Å². The molecule has 0 radical (unpaired) electrons. The fraction of sp³-hybridized carbons (Fsp3) is 0.214. The van der Waals surface area contributed by atoms with Gasteiger partial charge >= 0.3 is 0 Å². The van der Waals surface area contributed by atoms with Crippen LogP contribution in [-0.2, 0) is 6.54 Å². The Morgan fingerprint density at radius 1 is 1.24 bits per heavy atom. The highest BCUT2D eigenvalue weighted by Crippen LogP contribution is 2.25. The maximum absolute atomic E-state index is 5.33. The number of nitrogens with one attached hydrogen (secondary N) is 1. The van der Waals surface area contributed by atoms with E-state index in [1.807, 2.05) is 37.3 Å². The number of aromatic nitrogens is 1. The van der Waals surface area contributed by atoms with E-state index in [4.69, 9.17) is 4.74 Å². The monoisotopic (exact) mass is 228 g/mol. The topological polar surface area (TPSA) is 34.1 Å². The Hall–Kier alpha value is -2.03. The molecule has 0 fully saturated rings. The third kappa shape index (κ3) is 2.97. The Morgan fingerprint density at radius 3 is 2.82 bits per heavy atom. The highest BCUT2D eigenvalue weighted by Gasteiger charge is 2.02. The summed E-state index contributed by atoms with van der Waals surface area (Å²) >= 11 is 0. The van der Waals surface area contributed by atoms with E-state index in [1.165, 1.54) is 5.56 Å². The number of rotatable bonds is 4. The average Bonchev–Trinajstić information content (AvgIpc) is 2.38. The predicted octanol–water partition coefficient (Wildman–Crippen LogP) is 3.01. The number of hydrogen-bond donors (Lipinski definition) is 1. The molecule has 88 valence electrons. The van der Waals surface area contributed by atoms with E-state index in [9.17, 15) is 0 Å². The molecule has 0 aliphatic heterocycles. The second-order valence-electron chi connectivity index (χ2n) is 3.88. The maximum atomic E-state index is 5.33. The van der Waals surface area contributed by atoms with Crippen molar-refractivity contribution in [3.63, 3.8) is 0 Å². The van der Waals surface area contributed by atoms with Crippen LogP contribution in [0.15, 0.2) is 42.6 Å². The van der Waals surface area contributed by atoms with Gasteiger partial charge in [-0.25, -0.2) is 0 Å². The molecule has 1 aromatic carbocycles. The molecule has 0 bridgehead atoms. The summed E-state index contributed by atoms with van der Waals surface area (Å²) in [5.74, 6) is 0.862. The molecule has 0 unspecified atom stereocenters. The van der Waals surface area contributed by atoms with Gasteiger partial charge in [0.25, 0.3) is 0 Å². The summed E-state index contributed by atoms with van der Waals surface area (Å²) in [4.78, 5) is 4.26. The zero-order valence-corrected chi connectivity index (χ0v) is 10.1. The van der Waals surface area contributed by atoms with Crippen LogP contribution in [0.2, 0.25) is 0 Å². The molecular weight excluding hydrogens is 212 g/mol. The third-order valence-electron chi connectivity index (χ3n) is 2.54. The first-order valence-electron chi connectivity index (χ1n) is 5.58. The van der Waals surface area contributed by atoms with Crippen molar-refractivity contribution < 1.29 is 4.74 Å². The van der Waals surface area contributed by atoms with E-state index >= 15 is 0 Å². The number of anilines is 1. The van der Waals surface area contributed by atoms with E-state index in [0.717, 1.165) is 17.1 Å². The van der Waals surface area contributed by atoms with E-state index in [2.05, 4.69) is 16.4 Å². The van der Waals surface area contributed by atoms with Gasteiger partial charge in [-0.1, -0.05) is 12.1 Å². The molecule has 0 aliphatic carbocycles. The normalized spacial score (nSPS) is 10.0. The van der Waals surface area contributed by atoms with E-state index in [1.54, 1.807) is 13.3 Å². The first kappa shape index (κ1) is 11.5. The van der Waals surface area contributed by atoms with Gasteiger partial charge in [0.1, 0.15) is 5.75 Å². The van der Waals surface area contributed by atoms with Crippen LogP contribution in [0.25, 0.3) is 0 Å². The lowest BCUT2D eigenvalue weighted by molar-refractivity contribution is 0.416. The zero-order valence-electron chi connectivity index (χ0n) is 10.1. The molecule has 1 heterocycles. The second-order valence-corrected chi connectivity index (χ2v) is 3.88. The number of pyridine rings is 1. The fourth-order valence-corrected chi connectivity index (χ4v) is 1.63. The van der Waals surface area contributed by atoms with Gasteiger partial charge in [-0.3, -0.25) is 4.98 Å². The van der Waals surface area contributed by atoms with Gasteiger partial charge in [0.2, 0.25) is 0 Å². The lowest BCUT2D eigenvalue weighted by Gasteiger charge is -2.11. The number of nitrogens with zero attached hydrogens (tertiary/aromatic N) is 1. The summed E-state index contributed by atoms with van der Waals surface area (Å²) < 4.78 is 5.33. The zero-order chi connectivity index (χ0) is 12.1. The minimum absolute atomic E-state index is 0.695. The smallest absolute Gasteiger partial charge is 0.142 e. The van der Waals surface area contributed by atoms with Crippen LogP contribution in [0.4, 0.5) is 5.69 Å². The van der Waals surface area contributed by atoms with Crippen LogP contribution in [0, 0.1) is 6.92 Å². The molecule has 2 aromatic rings. The van der Waals surface area contributed by atoms with E-state index in [-0.39, 0.29) is 0 Å². The molecule has 2 rings (SSSR count). The Balaban J connectivity index is 2.09. The van der Waals surface area contributed by atoms with E-state index < -0.39 is 0 Å². The molecule has 1 aromatic heterocycles. The van der Waals surface area contributed by atoms with Crippen LogP contribution in [0.3, 0.4) is 0 Å². The third-order valence-corrected chi connectivity index (χ3v) is 2.54. The molecule has 0 atom stereocenters. The van der Waals surface area contributed by atoms with Crippen LogP contribution in [0.1, 0.15) is 11.3 Å². The SMILES string of the molecule is COc1cc(C)ccc1NCc1ccccn1. The van der Waals surface area contributed by atoms with Crippen molar-refractivity contribution >= 4 is 5.69 Å². The van der Waals surface area contributed by atoms with Gasteiger partial charge < -0.3 is 10.1 Å². The Bertz CT molecular complexity index is 483. The summed E-state index contributed by atoms with van der Waals surface area (Å²) in [6, 6.07) is 12.0. The minimum Gasteiger partial charge on any atom is -0.495 e. The van der Waals surface area contributed by atoms with Crippen molar-refractivity contribution in [2.24, 2.45) is 0 Å². The molecule has 0 aliphatic rings. The maximum Gasteiger partial charge on any atom is 0.142 e. The molecule has 17 heavy (non-hydrogen) atoms. The van der Waals surface area contributed by atoms with Crippen molar-refractivity contribution in [2.45, 2.75) is 13.5 Å². The van der Waals surface area contributed by atoms with Crippen LogP contribution in [-0.4, -0.2) is 12.1 Å². The van der Waals surface area contributed by atoms with Gasteiger partial charge in [-0.05, 0) is 36.8 Å². The number of benzene rings is 1. The molecule has 1 N–H and O–H groups in total. The fourth-order valence-electron chi connectivity index (χ4n) is 1.63. The van der Waals surface area contributed by atoms with Crippen molar-refractivity contribution in [3.05, 3.63) is 53.9 Å². The number of methoxy groups -OCH3 is 1. The average molecular weight is 228 g/mol. The minimum atomic E-state index is 0.695. The summed E-state index contributed by atoms with van der Waals surface area (Å²) in [5, 5.41) is 3.32. The van der Waals surface area contributed by atoms with E-state index in [0.29, 0.717) is 6.54 Å². The Morgan fingerprint density at radius 2 is 2.12 bits per heavy atom. The lowest BCUT2D eigenvalue weighted by atomic mass is 10.2. The quantitative estimate of drug-likeness (QED) is 0.873. The second kappa shape index (κ2) is 5.34. The van der Waals surface area contributed by atoms with Crippen molar-refractivity contribution in [1.29, 1.82) is 0 Å². The summed E-state index contributed by atoms with van der Waals surface area (Å²) in [5.41, 5.74) is 3.18. The highest BCUT2D eigenvalue weighted by atomic mass is 16.5. The molecule has 0 amide bonds. The number of ether oxygens (including phenoxy) is 1. The molecule has 0 saturated carbocycles. The summed E-state index contributed by atoms with van der Waals surface area (Å²) in [7, 11) is 1.68. The highest BCUT2D eigenvalue weighted by molar-refractivity contribution is 5.57. The van der Waals surface area contributed by atoms with Gasteiger partial charge in [0.15, 0.2) is 0 Å². The molecular formula is C14H16N2O. The van der Waals surface area contributed by atoms with Crippen LogP contribution in [0.5, 0.6) is 5.75 Å². The Labute approximate surface area is 101 Å². The van der Waals surface area contributed by atoms with Crippen molar-refractivity contribution in [2.75, 3.05) is 12.4 Å². The van der Waals surface area contributed by atoms with Crippen molar-refractivity contribution in [1.82, 2.24) is 4.98 Å². The van der Waals surface area contributed by atoms with Gasteiger partial charge in [-0.2, -0.15) is 0 Å². The molecule has 3 nitrogen and oxygen atoms in total. The largest absolute Gasteiger partial charge is 0.495 e. The number of hydrogen-bond acceptors (Lipinski definition) is 3. The van der Waals surface area contributed by atoms with Crippen molar-refractivity contribution in [3.8, 4) is 5.75 Å². The predicted molar refractivity (Wildman–Crippen MR) is 69.3 cm³/mol. The molecule has 3 heteroatoms. The lowest BCUT2D eigenvalue weighted by Crippen LogP contribution is -2.02.